The lowest BCUT2D eigenvalue weighted by Gasteiger charge is -2.35. The molecule has 0 fully saturated rings. The number of hydrogen-bond donors (Lipinski definition) is 0. The number of rotatable bonds is 4. The quantitative estimate of drug-likeness (QED) is 0.178. The number of aromatic nitrogens is 3. The molecular weight excluding hydrogens is 623 g/mol. The lowest BCUT2D eigenvalue weighted by atomic mass is 9.92. The summed E-state index contributed by atoms with van der Waals surface area (Å²) in [6, 6.07) is 55.8. The van der Waals surface area contributed by atoms with Gasteiger partial charge in [-0.3, -0.25) is 0 Å². The summed E-state index contributed by atoms with van der Waals surface area (Å²) in [5, 5.41) is 2.50. The molecule has 3 aliphatic rings. The Kier molecular flexibility index (Phi) is 5.95. The van der Waals surface area contributed by atoms with E-state index in [1.165, 1.54) is 38.6 Å². The molecule has 1 unspecified atom stereocenters. The molecule has 0 spiro atoms. The van der Waals surface area contributed by atoms with Gasteiger partial charge < -0.3 is 9.47 Å². The summed E-state index contributed by atoms with van der Waals surface area (Å²) in [6.45, 7) is 0. The van der Waals surface area contributed by atoms with Crippen LogP contribution >= 0.6 is 0 Å². The summed E-state index contributed by atoms with van der Waals surface area (Å²) < 4.78 is 4.68. The molecule has 238 valence electrons. The minimum Gasteiger partial charge on any atom is -0.323 e. The number of anilines is 2. The Morgan fingerprint density at radius 1 is 0.549 bits per heavy atom. The van der Waals surface area contributed by atoms with E-state index < -0.39 is 0 Å². The minimum atomic E-state index is -0.0352. The monoisotopic (exact) mass is 652 g/mol. The smallest absolute Gasteiger partial charge is 0.323 e. The summed E-state index contributed by atoms with van der Waals surface area (Å²) in [7, 11) is 0. The lowest BCUT2D eigenvalue weighted by Crippen LogP contribution is -2.43. The first-order chi connectivity index (χ1) is 25.3. The lowest BCUT2D eigenvalue weighted by molar-refractivity contribution is 0.884. The Morgan fingerprint density at radius 2 is 1.20 bits per heavy atom. The highest BCUT2D eigenvalue weighted by atomic mass is 15.3. The first-order valence-corrected chi connectivity index (χ1v) is 17.4. The van der Waals surface area contributed by atoms with Crippen molar-refractivity contribution >= 4 is 56.1 Å². The maximum atomic E-state index is 5.30. The van der Waals surface area contributed by atoms with Gasteiger partial charge in [-0.15, -0.1) is 0 Å². The zero-order chi connectivity index (χ0) is 33.5. The van der Waals surface area contributed by atoms with Gasteiger partial charge in [0.2, 0.25) is 0 Å². The van der Waals surface area contributed by atoms with Crippen LogP contribution in [0.5, 0.6) is 0 Å². The Labute approximate surface area is 295 Å². The normalized spacial score (nSPS) is 15.6. The Balaban J connectivity index is 1.17. The number of nitrogens with zero attached hydrogens (tertiary/aromatic N) is 5. The average Bonchev–Trinajstić information content (AvgIpc) is 3.71. The van der Waals surface area contributed by atoms with Crippen LogP contribution < -0.4 is 9.48 Å². The van der Waals surface area contributed by atoms with Crippen molar-refractivity contribution in [2.24, 2.45) is 0 Å². The molecule has 5 heteroatoms. The fourth-order valence-corrected chi connectivity index (χ4v) is 8.26. The van der Waals surface area contributed by atoms with E-state index in [0.717, 1.165) is 45.3 Å². The van der Waals surface area contributed by atoms with Crippen molar-refractivity contribution in [1.29, 1.82) is 0 Å². The van der Waals surface area contributed by atoms with Gasteiger partial charge in [0.1, 0.15) is 17.4 Å². The van der Waals surface area contributed by atoms with E-state index in [-0.39, 0.29) is 6.04 Å². The van der Waals surface area contributed by atoms with Crippen molar-refractivity contribution < 1.29 is 0 Å². The first-order valence-electron chi connectivity index (χ1n) is 17.4. The zero-order valence-electron chi connectivity index (χ0n) is 27.6. The molecule has 8 aromatic rings. The van der Waals surface area contributed by atoms with Crippen LogP contribution in [0.25, 0.3) is 55.6 Å². The largest absolute Gasteiger partial charge is 0.439 e. The van der Waals surface area contributed by atoms with Crippen LogP contribution in [0.2, 0.25) is 0 Å². The molecule has 0 saturated carbocycles. The summed E-state index contributed by atoms with van der Waals surface area (Å²) >= 11 is 0. The third-order valence-corrected chi connectivity index (χ3v) is 10.4. The van der Waals surface area contributed by atoms with Crippen LogP contribution in [0.4, 0.5) is 23.0 Å². The average molecular weight is 653 g/mol. The van der Waals surface area contributed by atoms with Gasteiger partial charge in [0.05, 0.1) is 22.4 Å². The van der Waals surface area contributed by atoms with Crippen molar-refractivity contribution in [3.63, 3.8) is 0 Å². The topological polar surface area (TPSA) is 37.0 Å². The molecule has 0 bridgehead atoms. The van der Waals surface area contributed by atoms with Gasteiger partial charge in [-0.1, -0.05) is 131 Å². The fourth-order valence-electron chi connectivity index (χ4n) is 8.26. The van der Waals surface area contributed by atoms with Gasteiger partial charge in [-0.25, -0.2) is 0 Å². The highest BCUT2D eigenvalue weighted by molar-refractivity contribution is 6.23. The van der Waals surface area contributed by atoms with Crippen molar-refractivity contribution in [2.45, 2.75) is 6.04 Å². The van der Waals surface area contributed by atoms with Gasteiger partial charge >= 0.3 is 5.95 Å². The molecule has 51 heavy (non-hydrogen) atoms. The molecule has 1 aliphatic carbocycles. The highest BCUT2D eigenvalue weighted by Crippen LogP contribution is 2.53. The summed E-state index contributed by atoms with van der Waals surface area (Å²) in [5.41, 5.74) is 14.5. The van der Waals surface area contributed by atoms with Crippen LogP contribution in [-0.4, -0.2) is 26.3 Å². The minimum absolute atomic E-state index is 0.0352. The van der Waals surface area contributed by atoms with E-state index in [4.69, 9.17) is 9.97 Å². The maximum Gasteiger partial charge on any atom is 0.439 e. The van der Waals surface area contributed by atoms with Crippen molar-refractivity contribution in [2.75, 3.05) is 4.90 Å². The fraction of sp³-hybridized carbons (Fsp3) is 0.0217. The van der Waals surface area contributed by atoms with E-state index in [1.54, 1.807) is 0 Å². The number of hydrogen-bond acceptors (Lipinski definition) is 3. The molecule has 2 aliphatic heterocycles. The third-order valence-electron chi connectivity index (χ3n) is 10.4. The van der Waals surface area contributed by atoms with Crippen molar-refractivity contribution in [3.8, 4) is 28.2 Å². The van der Waals surface area contributed by atoms with Crippen LogP contribution in [0.1, 0.15) is 5.56 Å². The standard InChI is InChI=1S/C46H30N5/c1-4-15-30(16-5-1)37-28-38(31-17-6-2-7-18-31)48-46(47-37)51-41-25-13-12-24-40(41)50-44-29-43-35(27-36(44)34-22-14-26-42(51)45(34)50)33-21-10-11-23-39(33)49(43)32-19-8-3-9-20-32/h1-29,45H/q+1. The molecule has 2 aromatic heterocycles. The van der Waals surface area contributed by atoms with E-state index in [1.807, 2.05) is 12.1 Å². The van der Waals surface area contributed by atoms with Gasteiger partial charge in [-0.2, -0.15) is 4.58 Å². The van der Waals surface area contributed by atoms with E-state index in [9.17, 15) is 0 Å². The van der Waals surface area contributed by atoms with Crippen molar-refractivity contribution in [1.82, 2.24) is 19.1 Å². The summed E-state index contributed by atoms with van der Waals surface area (Å²) in [5.74, 6) is 0.658. The molecule has 11 rings (SSSR count). The number of allylic oxidation sites excluding steroid dienone is 2. The summed E-state index contributed by atoms with van der Waals surface area (Å²) in [4.78, 5) is 13.1. The predicted molar refractivity (Wildman–Crippen MR) is 210 cm³/mol. The number of fused-ring (bicyclic) bond motifs is 8. The molecule has 1 atom stereocenters. The first kappa shape index (κ1) is 28.0. The van der Waals surface area contributed by atoms with Crippen LogP contribution in [0, 0.1) is 0 Å². The molecule has 6 aromatic carbocycles. The molecule has 0 N–H and O–H groups in total. The SMILES string of the molecule is C1=CC2=[N+](c3nc(-c4ccccc4)cc(-c4ccccc4)n3)c3ccccc3N3c4cc5c(cc4C(=C1)C23)c1ccccc1n5-c1ccccc1. The van der Waals surface area contributed by atoms with Crippen LogP contribution in [-0.2, 0) is 0 Å². The number of benzene rings is 6. The molecular formula is C46H30N5+. The van der Waals surface area contributed by atoms with Crippen LogP contribution in [0.15, 0.2) is 176 Å². The molecule has 0 amide bonds. The summed E-state index contributed by atoms with van der Waals surface area (Å²) in [6.07, 6.45) is 6.72. The van der Waals surface area contributed by atoms with E-state index in [2.05, 4.69) is 178 Å². The van der Waals surface area contributed by atoms with Crippen molar-refractivity contribution in [3.05, 3.63) is 182 Å². The van der Waals surface area contributed by atoms with Gasteiger partial charge in [-0.05, 0) is 54.1 Å². The molecule has 5 nitrogen and oxygen atoms in total. The Morgan fingerprint density at radius 3 is 1.94 bits per heavy atom. The van der Waals surface area contributed by atoms with Crippen LogP contribution in [0.3, 0.4) is 0 Å². The molecule has 4 heterocycles. The van der Waals surface area contributed by atoms with Gasteiger partial charge in [0, 0.05) is 39.2 Å². The highest BCUT2D eigenvalue weighted by Gasteiger charge is 2.46. The van der Waals surface area contributed by atoms with Gasteiger partial charge in [0.25, 0.3) is 0 Å². The van der Waals surface area contributed by atoms with Gasteiger partial charge in [0.15, 0.2) is 11.4 Å². The number of para-hydroxylation sites is 4. The second-order valence-electron chi connectivity index (χ2n) is 13.2. The second kappa shape index (κ2) is 10.8. The van der Waals surface area contributed by atoms with E-state index in [0.29, 0.717) is 5.95 Å². The molecule has 0 radical (unpaired) electrons. The second-order valence-corrected chi connectivity index (χ2v) is 13.2. The van der Waals surface area contributed by atoms with E-state index >= 15 is 0 Å². The predicted octanol–water partition coefficient (Wildman–Crippen LogP) is 10.7. The zero-order valence-corrected chi connectivity index (χ0v) is 27.6. The third kappa shape index (κ3) is 4.12. The Hall–Kier alpha value is -6.85. The molecule has 0 saturated heterocycles. The maximum absolute atomic E-state index is 5.30. The Bertz CT molecular complexity index is 2740.